The maximum atomic E-state index is 13.3. The Morgan fingerprint density at radius 1 is 1.53 bits per heavy atom. The maximum absolute atomic E-state index is 13.3. The summed E-state index contributed by atoms with van der Waals surface area (Å²) in [6.07, 6.45) is 3.11. The SMILES string of the molecule is C=CCCCC(O)c1cc(Cl)ccc1F. The lowest BCUT2D eigenvalue weighted by Gasteiger charge is -2.11. The van der Waals surface area contributed by atoms with Gasteiger partial charge in [-0.2, -0.15) is 0 Å². The van der Waals surface area contributed by atoms with Gasteiger partial charge in [0.15, 0.2) is 0 Å². The van der Waals surface area contributed by atoms with Crippen LogP contribution in [-0.4, -0.2) is 5.11 Å². The van der Waals surface area contributed by atoms with Crippen LogP contribution in [0.4, 0.5) is 4.39 Å². The Morgan fingerprint density at radius 2 is 2.27 bits per heavy atom. The molecule has 1 rings (SSSR count). The van der Waals surface area contributed by atoms with Gasteiger partial charge < -0.3 is 5.11 Å². The van der Waals surface area contributed by atoms with Crippen molar-refractivity contribution in [1.82, 2.24) is 0 Å². The van der Waals surface area contributed by atoms with Gasteiger partial charge >= 0.3 is 0 Å². The average molecular weight is 229 g/mol. The third-order valence-corrected chi connectivity index (χ3v) is 2.44. The monoisotopic (exact) mass is 228 g/mol. The number of allylic oxidation sites excluding steroid dienone is 1. The van der Waals surface area contributed by atoms with Crippen molar-refractivity contribution in [2.45, 2.75) is 25.4 Å². The minimum atomic E-state index is -0.788. The molecular formula is C12H14ClFO. The molecule has 0 bridgehead atoms. The molecule has 15 heavy (non-hydrogen) atoms. The molecule has 0 aliphatic carbocycles. The molecule has 0 radical (unpaired) electrons. The van der Waals surface area contributed by atoms with Crippen LogP contribution in [0.15, 0.2) is 30.9 Å². The van der Waals surface area contributed by atoms with Gasteiger partial charge in [0, 0.05) is 10.6 Å². The van der Waals surface area contributed by atoms with Gasteiger partial charge in [0.25, 0.3) is 0 Å². The van der Waals surface area contributed by atoms with E-state index in [1.54, 1.807) is 6.08 Å². The van der Waals surface area contributed by atoms with Crippen molar-refractivity contribution in [2.75, 3.05) is 0 Å². The molecule has 1 aromatic rings. The first kappa shape index (κ1) is 12.2. The smallest absolute Gasteiger partial charge is 0.129 e. The van der Waals surface area contributed by atoms with Crippen LogP contribution in [0.1, 0.15) is 30.9 Å². The topological polar surface area (TPSA) is 20.2 Å². The van der Waals surface area contributed by atoms with Crippen LogP contribution in [0.3, 0.4) is 0 Å². The highest BCUT2D eigenvalue weighted by Crippen LogP contribution is 2.24. The summed E-state index contributed by atoms with van der Waals surface area (Å²) in [6.45, 7) is 3.59. The van der Waals surface area contributed by atoms with Gasteiger partial charge in [-0.1, -0.05) is 17.7 Å². The number of benzene rings is 1. The third-order valence-electron chi connectivity index (χ3n) is 2.20. The minimum absolute atomic E-state index is 0.270. The summed E-state index contributed by atoms with van der Waals surface area (Å²) in [7, 11) is 0. The Kier molecular flexibility index (Phi) is 4.79. The first-order chi connectivity index (χ1) is 7.15. The second-order valence-electron chi connectivity index (χ2n) is 3.40. The lowest BCUT2D eigenvalue weighted by molar-refractivity contribution is 0.160. The largest absolute Gasteiger partial charge is 0.388 e. The van der Waals surface area contributed by atoms with Gasteiger partial charge in [-0.05, 0) is 37.5 Å². The molecule has 0 spiro atoms. The van der Waals surface area contributed by atoms with E-state index in [9.17, 15) is 9.50 Å². The maximum Gasteiger partial charge on any atom is 0.129 e. The Hall–Kier alpha value is -0.860. The molecule has 1 N–H and O–H groups in total. The van der Waals surface area contributed by atoms with Crippen LogP contribution in [0, 0.1) is 5.82 Å². The van der Waals surface area contributed by atoms with Crippen molar-refractivity contribution in [1.29, 1.82) is 0 Å². The highest BCUT2D eigenvalue weighted by atomic mass is 35.5. The van der Waals surface area contributed by atoms with E-state index in [2.05, 4.69) is 6.58 Å². The van der Waals surface area contributed by atoms with Crippen LogP contribution < -0.4 is 0 Å². The van der Waals surface area contributed by atoms with Gasteiger partial charge in [-0.15, -0.1) is 6.58 Å². The number of aliphatic hydroxyl groups is 1. The fourth-order valence-corrected chi connectivity index (χ4v) is 1.56. The van der Waals surface area contributed by atoms with Crippen molar-refractivity contribution in [2.24, 2.45) is 0 Å². The van der Waals surface area contributed by atoms with Crippen molar-refractivity contribution in [3.8, 4) is 0 Å². The van der Waals surface area contributed by atoms with Crippen LogP contribution in [0.2, 0.25) is 5.02 Å². The Labute approximate surface area is 94.2 Å². The Balaban J connectivity index is 2.67. The highest BCUT2D eigenvalue weighted by Gasteiger charge is 2.12. The molecule has 1 aromatic carbocycles. The molecule has 3 heteroatoms. The minimum Gasteiger partial charge on any atom is -0.388 e. The number of hydrogen-bond acceptors (Lipinski definition) is 1. The number of unbranched alkanes of at least 4 members (excludes halogenated alkanes) is 1. The zero-order valence-corrected chi connectivity index (χ0v) is 9.17. The lowest BCUT2D eigenvalue weighted by atomic mass is 10.0. The van der Waals surface area contributed by atoms with Gasteiger partial charge in [0.2, 0.25) is 0 Å². The summed E-state index contributed by atoms with van der Waals surface area (Å²) in [4.78, 5) is 0. The molecule has 1 atom stereocenters. The number of rotatable bonds is 5. The molecule has 0 aliphatic heterocycles. The molecule has 0 fully saturated rings. The molecule has 0 heterocycles. The van der Waals surface area contributed by atoms with E-state index in [-0.39, 0.29) is 5.56 Å². The molecule has 0 aromatic heterocycles. The quantitative estimate of drug-likeness (QED) is 0.599. The van der Waals surface area contributed by atoms with Crippen molar-refractivity contribution in [3.63, 3.8) is 0 Å². The van der Waals surface area contributed by atoms with E-state index < -0.39 is 11.9 Å². The fraction of sp³-hybridized carbons (Fsp3) is 0.333. The molecule has 0 amide bonds. The number of hydrogen-bond donors (Lipinski definition) is 1. The summed E-state index contributed by atoms with van der Waals surface area (Å²) in [5.41, 5.74) is 0.270. The summed E-state index contributed by atoms with van der Waals surface area (Å²) >= 11 is 5.73. The zero-order valence-electron chi connectivity index (χ0n) is 8.42. The normalized spacial score (nSPS) is 12.5. The van der Waals surface area contributed by atoms with Crippen LogP contribution in [0.25, 0.3) is 0 Å². The van der Waals surface area contributed by atoms with Gasteiger partial charge in [-0.25, -0.2) is 4.39 Å². The van der Waals surface area contributed by atoms with Crippen molar-refractivity contribution in [3.05, 3.63) is 47.3 Å². The summed E-state index contributed by atoms with van der Waals surface area (Å²) in [6, 6.07) is 4.21. The second kappa shape index (κ2) is 5.89. The van der Waals surface area contributed by atoms with Gasteiger partial charge in [0.05, 0.1) is 6.10 Å². The molecule has 1 nitrogen and oxygen atoms in total. The van der Waals surface area contributed by atoms with Crippen molar-refractivity contribution >= 4 is 11.6 Å². The van der Waals surface area contributed by atoms with E-state index in [4.69, 9.17) is 11.6 Å². The second-order valence-corrected chi connectivity index (χ2v) is 3.84. The van der Waals surface area contributed by atoms with Crippen LogP contribution in [-0.2, 0) is 0 Å². The molecule has 82 valence electrons. The van der Waals surface area contributed by atoms with Crippen molar-refractivity contribution < 1.29 is 9.50 Å². The predicted octanol–water partition coefficient (Wildman–Crippen LogP) is 3.87. The molecule has 1 unspecified atom stereocenters. The average Bonchev–Trinajstić information content (AvgIpc) is 2.22. The Bertz CT molecular complexity index is 338. The molecule has 0 saturated carbocycles. The van der Waals surface area contributed by atoms with E-state index in [1.165, 1.54) is 18.2 Å². The van der Waals surface area contributed by atoms with Gasteiger partial charge in [0.1, 0.15) is 5.82 Å². The molecule has 0 saturated heterocycles. The van der Waals surface area contributed by atoms with E-state index in [0.29, 0.717) is 11.4 Å². The Morgan fingerprint density at radius 3 is 2.93 bits per heavy atom. The summed E-state index contributed by atoms with van der Waals surface area (Å²) in [5.74, 6) is -0.412. The third kappa shape index (κ3) is 3.65. The zero-order chi connectivity index (χ0) is 11.3. The lowest BCUT2D eigenvalue weighted by Crippen LogP contribution is -2.00. The summed E-state index contributed by atoms with van der Waals surface area (Å²) in [5, 5.41) is 10.2. The number of halogens is 2. The van der Waals surface area contributed by atoms with Crippen LogP contribution in [0.5, 0.6) is 0 Å². The van der Waals surface area contributed by atoms with Gasteiger partial charge in [-0.3, -0.25) is 0 Å². The van der Waals surface area contributed by atoms with E-state index in [1.807, 2.05) is 0 Å². The molecular weight excluding hydrogens is 215 g/mol. The first-order valence-electron chi connectivity index (χ1n) is 4.89. The first-order valence-corrected chi connectivity index (χ1v) is 5.27. The predicted molar refractivity (Wildman–Crippen MR) is 60.4 cm³/mol. The standard InChI is InChI=1S/C12H14ClFO/c1-2-3-4-5-12(15)10-8-9(13)6-7-11(10)14/h2,6-8,12,15H,1,3-5H2. The summed E-state index contributed by atoms with van der Waals surface area (Å²) < 4.78 is 13.3. The molecule has 0 aliphatic rings. The fourth-order valence-electron chi connectivity index (χ4n) is 1.38. The highest BCUT2D eigenvalue weighted by molar-refractivity contribution is 6.30. The van der Waals surface area contributed by atoms with E-state index in [0.717, 1.165) is 12.8 Å². The van der Waals surface area contributed by atoms with Crippen LogP contribution >= 0.6 is 11.6 Å². The number of aliphatic hydroxyl groups excluding tert-OH is 1. The van der Waals surface area contributed by atoms with E-state index >= 15 is 0 Å².